The second-order valence-corrected chi connectivity index (χ2v) is 5.77. The standard InChI is InChI=1S/C15H26N4/c1-5-13-18-14(16-4)9-15(19-13)17-12-7-6-10(2)11(3)8-12/h9-12H,5-8H2,1-4H3,(H2,16,17,18,19). The van der Waals surface area contributed by atoms with Crippen LogP contribution in [0, 0.1) is 11.8 Å². The van der Waals surface area contributed by atoms with E-state index in [2.05, 4.69) is 41.4 Å². The third kappa shape index (κ3) is 3.58. The molecule has 4 nitrogen and oxygen atoms in total. The Bertz CT molecular complexity index is 396. The molecule has 1 heterocycles. The molecule has 1 saturated carbocycles. The number of hydrogen-bond acceptors (Lipinski definition) is 4. The van der Waals surface area contributed by atoms with E-state index in [1.165, 1.54) is 19.3 Å². The summed E-state index contributed by atoms with van der Waals surface area (Å²) in [7, 11) is 1.90. The molecule has 4 heteroatoms. The Labute approximate surface area is 116 Å². The van der Waals surface area contributed by atoms with E-state index in [1.54, 1.807) is 0 Å². The molecule has 0 aliphatic heterocycles. The van der Waals surface area contributed by atoms with Crippen LogP contribution in [0.1, 0.15) is 45.9 Å². The van der Waals surface area contributed by atoms with Crippen molar-refractivity contribution in [1.82, 2.24) is 9.97 Å². The highest BCUT2D eigenvalue weighted by atomic mass is 15.1. The van der Waals surface area contributed by atoms with E-state index < -0.39 is 0 Å². The van der Waals surface area contributed by atoms with Crippen LogP contribution in [0.5, 0.6) is 0 Å². The molecule has 1 aromatic rings. The van der Waals surface area contributed by atoms with Gasteiger partial charge in [0.1, 0.15) is 17.5 Å². The number of aromatic nitrogens is 2. The van der Waals surface area contributed by atoms with Crippen LogP contribution in [0.2, 0.25) is 0 Å². The van der Waals surface area contributed by atoms with Crippen molar-refractivity contribution in [3.8, 4) is 0 Å². The Morgan fingerprint density at radius 2 is 1.89 bits per heavy atom. The van der Waals surface area contributed by atoms with Gasteiger partial charge < -0.3 is 10.6 Å². The largest absolute Gasteiger partial charge is 0.373 e. The fourth-order valence-corrected chi connectivity index (χ4v) is 2.75. The molecular formula is C15H26N4. The predicted molar refractivity (Wildman–Crippen MR) is 80.5 cm³/mol. The minimum Gasteiger partial charge on any atom is -0.373 e. The van der Waals surface area contributed by atoms with Gasteiger partial charge in [-0.25, -0.2) is 9.97 Å². The smallest absolute Gasteiger partial charge is 0.132 e. The van der Waals surface area contributed by atoms with Gasteiger partial charge >= 0.3 is 0 Å². The summed E-state index contributed by atoms with van der Waals surface area (Å²) in [6.45, 7) is 6.80. The van der Waals surface area contributed by atoms with Gasteiger partial charge in [-0.3, -0.25) is 0 Å². The minimum atomic E-state index is 0.551. The number of nitrogens with zero attached hydrogens (tertiary/aromatic N) is 2. The van der Waals surface area contributed by atoms with E-state index in [0.717, 1.165) is 35.7 Å². The third-order valence-corrected chi connectivity index (χ3v) is 4.30. The summed E-state index contributed by atoms with van der Waals surface area (Å²) in [5, 5.41) is 6.69. The summed E-state index contributed by atoms with van der Waals surface area (Å²) < 4.78 is 0. The first-order valence-corrected chi connectivity index (χ1v) is 7.44. The van der Waals surface area contributed by atoms with Crippen molar-refractivity contribution >= 4 is 11.6 Å². The van der Waals surface area contributed by atoms with Crippen LogP contribution < -0.4 is 10.6 Å². The monoisotopic (exact) mass is 262 g/mol. The lowest BCUT2D eigenvalue weighted by molar-refractivity contribution is 0.260. The van der Waals surface area contributed by atoms with Crippen molar-refractivity contribution in [2.45, 2.75) is 52.5 Å². The molecule has 1 fully saturated rings. The van der Waals surface area contributed by atoms with Gasteiger partial charge in [0.15, 0.2) is 0 Å². The van der Waals surface area contributed by atoms with Crippen LogP contribution >= 0.6 is 0 Å². The highest BCUT2D eigenvalue weighted by molar-refractivity contribution is 5.47. The molecule has 3 atom stereocenters. The highest BCUT2D eigenvalue weighted by Crippen LogP contribution is 2.30. The minimum absolute atomic E-state index is 0.551. The average molecular weight is 262 g/mol. The first-order chi connectivity index (χ1) is 9.12. The van der Waals surface area contributed by atoms with Gasteiger partial charge in [0, 0.05) is 25.6 Å². The van der Waals surface area contributed by atoms with Crippen molar-refractivity contribution in [1.29, 1.82) is 0 Å². The fraction of sp³-hybridized carbons (Fsp3) is 0.733. The van der Waals surface area contributed by atoms with E-state index in [-0.39, 0.29) is 0 Å². The summed E-state index contributed by atoms with van der Waals surface area (Å²) in [6.07, 6.45) is 4.65. The Kier molecular flexibility index (Phi) is 4.61. The van der Waals surface area contributed by atoms with E-state index >= 15 is 0 Å². The molecule has 1 aliphatic carbocycles. The van der Waals surface area contributed by atoms with Gasteiger partial charge in [-0.15, -0.1) is 0 Å². The first kappa shape index (κ1) is 14.1. The van der Waals surface area contributed by atoms with Crippen LogP contribution in [-0.4, -0.2) is 23.1 Å². The van der Waals surface area contributed by atoms with Crippen LogP contribution in [-0.2, 0) is 6.42 Å². The predicted octanol–water partition coefficient (Wildman–Crippen LogP) is 3.32. The van der Waals surface area contributed by atoms with Gasteiger partial charge in [0.2, 0.25) is 0 Å². The zero-order valence-corrected chi connectivity index (χ0v) is 12.5. The van der Waals surface area contributed by atoms with Gasteiger partial charge in [0.25, 0.3) is 0 Å². The summed E-state index contributed by atoms with van der Waals surface area (Å²) in [4.78, 5) is 9.00. The third-order valence-electron chi connectivity index (χ3n) is 4.30. The number of hydrogen-bond donors (Lipinski definition) is 2. The molecule has 0 aromatic carbocycles. The molecule has 2 N–H and O–H groups in total. The van der Waals surface area contributed by atoms with Crippen LogP contribution in [0.25, 0.3) is 0 Å². The van der Waals surface area contributed by atoms with Crippen LogP contribution in [0.15, 0.2) is 6.07 Å². The van der Waals surface area contributed by atoms with E-state index in [4.69, 9.17) is 0 Å². The Balaban J connectivity index is 2.06. The van der Waals surface area contributed by atoms with Crippen molar-refractivity contribution in [2.24, 2.45) is 11.8 Å². The fourth-order valence-electron chi connectivity index (χ4n) is 2.75. The zero-order valence-electron chi connectivity index (χ0n) is 12.5. The summed E-state index contributed by atoms with van der Waals surface area (Å²) in [5.41, 5.74) is 0. The average Bonchev–Trinajstić information content (AvgIpc) is 2.42. The molecule has 3 unspecified atom stereocenters. The van der Waals surface area contributed by atoms with E-state index in [0.29, 0.717) is 6.04 Å². The molecule has 0 radical (unpaired) electrons. The highest BCUT2D eigenvalue weighted by Gasteiger charge is 2.24. The lowest BCUT2D eigenvalue weighted by Crippen LogP contribution is -2.30. The molecule has 19 heavy (non-hydrogen) atoms. The van der Waals surface area contributed by atoms with E-state index in [1.807, 2.05) is 13.1 Å². The Hall–Kier alpha value is -1.32. The molecule has 0 bridgehead atoms. The Morgan fingerprint density at radius 3 is 2.53 bits per heavy atom. The second-order valence-electron chi connectivity index (χ2n) is 5.77. The zero-order chi connectivity index (χ0) is 13.8. The van der Waals surface area contributed by atoms with Crippen molar-refractivity contribution < 1.29 is 0 Å². The number of anilines is 2. The molecule has 1 aromatic heterocycles. The quantitative estimate of drug-likeness (QED) is 0.874. The van der Waals surface area contributed by atoms with Crippen molar-refractivity contribution in [3.63, 3.8) is 0 Å². The molecule has 106 valence electrons. The van der Waals surface area contributed by atoms with E-state index in [9.17, 15) is 0 Å². The molecular weight excluding hydrogens is 236 g/mol. The maximum absolute atomic E-state index is 4.58. The maximum atomic E-state index is 4.58. The molecule has 1 aliphatic rings. The molecule has 0 saturated heterocycles. The van der Waals surface area contributed by atoms with Crippen LogP contribution in [0.3, 0.4) is 0 Å². The molecule has 0 amide bonds. The summed E-state index contributed by atoms with van der Waals surface area (Å²) in [6, 6.07) is 2.55. The first-order valence-electron chi connectivity index (χ1n) is 7.44. The summed E-state index contributed by atoms with van der Waals surface area (Å²) in [5.74, 6) is 4.39. The topological polar surface area (TPSA) is 49.8 Å². The van der Waals surface area contributed by atoms with Gasteiger partial charge in [-0.2, -0.15) is 0 Å². The van der Waals surface area contributed by atoms with Gasteiger partial charge in [0.05, 0.1) is 0 Å². The number of nitrogens with one attached hydrogen (secondary N) is 2. The normalized spacial score (nSPS) is 27.1. The second kappa shape index (κ2) is 6.22. The van der Waals surface area contributed by atoms with Gasteiger partial charge in [-0.05, 0) is 31.1 Å². The van der Waals surface area contributed by atoms with Gasteiger partial charge in [-0.1, -0.05) is 20.8 Å². The number of aryl methyl sites for hydroxylation is 1. The number of rotatable bonds is 4. The Morgan fingerprint density at radius 1 is 1.16 bits per heavy atom. The molecule has 0 spiro atoms. The lowest BCUT2D eigenvalue weighted by Gasteiger charge is -2.32. The van der Waals surface area contributed by atoms with Crippen molar-refractivity contribution in [3.05, 3.63) is 11.9 Å². The van der Waals surface area contributed by atoms with Crippen molar-refractivity contribution in [2.75, 3.05) is 17.7 Å². The lowest BCUT2D eigenvalue weighted by atomic mass is 9.79. The SMILES string of the molecule is CCc1nc(NC)cc(NC2CCC(C)C(C)C2)n1. The summed E-state index contributed by atoms with van der Waals surface area (Å²) >= 11 is 0. The molecule has 2 rings (SSSR count). The van der Waals surface area contributed by atoms with Crippen LogP contribution in [0.4, 0.5) is 11.6 Å². The maximum Gasteiger partial charge on any atom is 0.132 e.